The number of aromatic nitrogens is 1. The predicted molar refractivity (Wildman–Crippen MR) is 74.7 cm³/mol. The highest BCUT2D eigenvalue weighted by atomic mass is 16.5. The summed E-state index contributed by atoms with van der Waals surface area (Å²) in [6, 6.07) is 9.81. The molecule has 0 fully saturated rings. The van der Waals surface area contributed by atoms with Crippen molar-refractivity contribution in [3.05, 3.63) is 53.4 Å². The number of nitrogens with zero attached hydrogens (tertiary/aromatic N) is 1. The SMILES string of the molecule is Cc1cc(C(=O)NC(c2ccccc2)C(C)C(=O)O)on1. The first kappa shape index (κ1) is 14.8. The summed E-state index contributed by atoms with van der Waals surface area (Å²) in [4.78, 5) is 23.4. The van der Waals surface area contributed by atoms with Crippen molar-refractivity contribution in [2.45, 2.75) is 19.9 Å². The highest BCUT2D eigenvalue weighted by Gasteiger charge is 2.28. The average Bonchev–Trinajstić information content (AvgIpc) is 2.91. The van der Waals surface area contributed by atoms with Crippen LogP contribution in [0.2, 0.25) is 0 Å². The van der Waals surface area contributed by atoms with E-state index >= 15 is 0 Å². The molecular formula is C15H16N2O4. The van der Waals surface area contributed by atoms with Crippen molar-refractivity contribution in [1.29, 1.82) is 0 Å². The molecule has 110 valence electrons. The van der Waals surface area contributed by atoms with E-state index in [1.54, 1.807) is 38.1 Å². The van der Waals surface area contributed by atoms with Crippen LogP contribution in [0.4, 0.5) is 0 Å². The van der Waals surface area contributed by atoms with Gasteiger partial charge in [0, 0.05) is 6.07 Å². The Labute approximate surface area is 121 Å². The Morgan fingerprint density at radius 2 is 1.95 bits per heavy atom. The lowest BCUT2D eigenvalue weighted by atomic mass is 9.94. The van der Waals surface area contributed by atoms with E-state index in [9.17, 15) is 14.7 Å². The molecule has 2 atom stereocenters. The maximum absolute atomic E-state index is 12.1. The number of carbonyl (C=O) groups is 2. The van der Waals surface area contributed by atoms with Gasteiger partial charge in [0.05, 0.1) is 17.7 Å². The summed E-state index contributed by atoms with van der Waals surface area (Å²) in [5.74, 6) is -2.19. The summed E-state index contributed by atoms with van der Waals surface area (Å²) in [6.07, 6.45) is 0. The second-order valence-corrected chi connectivity index (χ2v) is 4.82. The second-order valence-electron chi connectivity index (χ2n) is 4.82. The number of nitrogens with one attached hydrogen (secondary N) is 1. The standard InChI is InChI=1S/C15H16N2O4/c1-9-8-12(21-17-9)14(18)16-13(10(2)15(19)20)11-6-4-3-5-7-11/h3-8,10,13H,1-2H3,(H,16,18)(H,19,20). The highest BCUT2D eigenvalue weighted by Crippen LogP contribution is 2.22. The molecule has 1 heterocycles. The minimum atomic E-state index is -0.988. The fraction of sp³-hybridized carbons (Fsp3) is 0.267. The van der Waals surface area contributed by atoms with Crippen LogP contribution in [0.25, 0.3) is 0 Å². The topological polar surface area (TPSA) is 92.4 Å². The van der Waals surface area contributed by atoms with Crippen molar-refractivity contribution in [1.82, 2.24) is 10.5 Å². The van der Waals surface area contributed by atoms with Crippen LogP contribution in [0.3, 0.4) is 0 Å². The van der Waals surface area contributed by atoms with Crippen LogP contribution in [0, 0.1) is 12.8 Å². The van der Waals surface area contributed by atoms with Gasteiger partial charge in [-0.1, -0.05) is 35.5 Å². The van der Waals surface area contributed by atoms with E-state index in [4.69, 9.17) is 4.52 Å². The van der Waals surface area contributed by atoms with Gasteiger partial charge in [0.1, 0.15) is 0 Å². The molecule has 2 unspecified atom stereocenters. The third kappa shape index (κ3) is 3.47. The molecule has 6 nitrogen and oxygen atoms in total. The average molecular weight is 288 g/mol. The Morgan fingerprint density at radius 1 is 1.29 bits per heavy atom. The highest BCUT2D eigenvalue weighted by molar-refractivity contribution is 5.92. The number of amides is 1. The van der Waals surface area contributed by atoms with Crippen molar-refractivity contribution in [2.75, 3.05) is 0 Å². The first-order chi connectivity index (χ1) is 9.99. The third-order valence-electron chi connectivity index (χ3n) is 3.19. The van der Waals surface area contributed by atoms with Crippen LogP contribution in [-0.2, 0) is 4.79 Å². The predicted octanol–water partition coefficient (Wildman–Crippen LogP) is 2.17. The zero-order valence-electron chi connectivity index (χ0n) is 11.7. The molecule has 1 aromatic heterocycles. The van der Waals surface area contributed by atoms with Gasteiger partial charge in [0.2, 0.25) is 5.76 Å². The lowest BCUT2D eigenvalue weighted by Crippen LogP contribution is -2.35. The van der Waals surface area contributed by atoms with Crippen LogP contribution in [0.5, 0.6) is 0 Å². The number of hydrogen-bond acceptors (Lipinski definition) is 4. The van der Waals surface area contributed by atoms with E-state index in [-0.39, 0.29) is 5.76 Å². The molecule has 0 spiro atoms. The lowest BCUT2D eigenvalue weighted by molar-refractivity contribution is -0.142. The quantitative estimate of drug-likeness (QED) is 0.879. The Hall–Kier alpha value is -2.63. The van der Waals surface area contributed by atoms with Crippen molar-refractivity contribution in [3.63, 3.8) is 0 Å². The molecule has 0 aliphatic rings. The summed E-state index contributed by atoms with van der Waals surface area (Å²) in [5.41, 5.74) is 1.31. The van der Waals surface area contributed by atoms with Crippen LogP contribution in [-0.4, -0.2) is 22.1 Å². The van der Waals surface area contributed by atoms with E-state index < -0.39 is 23.8 Å². The zero-order chi connectivity index (χ0) is 15.4. The van der Waals surface area contributed by atoms with E-state index in [0.717, 1.165) is 5.56 Å². The maximum atomic E-state index is 12.1. The van der Waals surface area contributed by atoms with Crippen molar-refractivity contribution in [2.24, 2.45) is 5.92 Å². The molecule has 0 bridgehead atoms. The molecule has 0 saturated carbocycles. The number of carboxylic acids is 1. The monoisotopic (exact) mass is 288 g/mol. The minimum absolute atomic E-state index is 0.0611. The minimum Gasteiger partial charge on any atom is -0.481 e. The largest absolute Gasteiger partial charge is 0.481 e. The number of benzene rings is 1. The molecule has 2 rings (SSSR count). The summed E-state index contributed by atoms with van der Waals surface area (Å²) in [6.45, 7) is 3.25. The van der Waals surface area contributed by atoms with Crippen molar-refractivity contribution >= 4 is 11.9 Å². The van der Waals surface area contributed by atoms with Gasteiger partial charge in [-0.15, -0.1) is 0 Å². The molecular weight excluding hydrogens is 272 g/mol. The molecule has 0 saturated heterocycles. The lowest BCUT2D eigenvalue weighted by Gasteiger charge is -2.22. The number of aliphatic carboxylic acids is 1. The molecule has 6 heteroatoms. The van der Waals surface area contributed by atoms with E-state index in [0.29, 0.717) is 5.69 Å². The van der Waals surface area contributed by atoms with Gasteiger partial charge in [-0.3, -0.25) is 9.59 Å². The van der Waals surface area contributed by atoms with Gasteiger partial charge in [-0.2, -0.15) is 0 Å². The molecule has 2 N–H and O–H groups in total. The molecule has 0 aliphatic carbocycles. The van der Waals surface area contributed by atoms with Crippen LogP contribution >= 0.6 is 0 Å². The third-order valence-corrected chi connectivity index (χ3v) is 3.19. The first-order valence-electron chi connectivity index (χ1n) is 6.51. The summed E-state index contributed by atoms with van der Waals surface area (Å²) in [7, 11) is 0. The second kappa shape index (κ2) is 6.21. The van der Waals surface area contributed by atoms with Gasteiger partial charge >= 0.3 is 5.97 Å². The smallest absolute Gasteiger partial charge is 0.308 e. The number of aryl methyl sites for hydroxylation is 1. The molecule has 0 radical (unpaired) electrons. The fourth-order valence-electron chi connectivity index (χ4n) is 1.98. The first-order valence-corrected chi connectivity index (χ1v) is 6.51. The van der Waals surface area contributed by atoms with Gasteiger partial charge in [-0.05, 0) is 19.4 Å². The van der Waals surface area contributed by atoms with Gasteiger partial charge in [0.25, 0.3) is 5.91 Å². The molecule has 2 aromatic rings. The Kier molecular flexibility index (Phi) is 4.37. The van der Waals surface area contributed by atoms with Gasteiger partial charge in [0.15, 0.2) is 0 Å². The number of carboxylic acid groups (broad SMARTS) is 1. The maximum Gasteiger partial charge on any atom is 0.308 e. The van der Waals surface area contributed by atoms with E-state index in [1.165, 1.54) is 6.07 Å². The Morgan fingerprint density at radius 3 is 2.48 bits per heavy atom. The van der Waals surface area contributed by atoms with Crippen molar-refractivity contribution < 1.29 is 19.2 Å². The fourth-order valence-corrected chi connectivity index (χ4v) is 1.98. The van der Waals surface area contributed by atoms with Gasteiger partial charge < -0.3 is 14.9 Å². The van der Waals surface area contributed by atoms with Crippen LogP contribution in [0.15, 0.2) is 40.9 Å². The van der Waals surface area contributed by atoms with Gasteiger partial charge in [-0.25, -0.2) is 0 Å². The summed E-state index contributed by atoms with van der Waals surface area (Å²) >= 11 is 0. The Balaban J connectivity index is 2.24. The van der Waals surface area contributed by atoms with Crippen molar-refractivity contribution in [3.8, 4) is 0 Å². The number of hydrogen-bond donors (Lipinski definition) is 2. The van der Waals surface area contributed by atoms with Crippen LogP contribution < -0.4 is 5.32 Å². The number of carbonyl (C=O) groups excluding carboxylic acids is 1. The Bertz CT molecular complexity index is 636. The summed E-state index contributed by atoms with van der Waals surface area (Å²) < 4.78 is 4.89. The normalized spacial score (nSPS) is 13.4. The molecule has 1 amide bonds. The van der Waals surface area contributed by atoms with Crippen LogP contribution in [0.1, 0.15) is 34.8 Å². The van der Waals surface area contributed by atoms with E-state index in [1.807, 2.05) is 6.07 Å². The summed E-state index contributed by atoms with van der Waals surface area (Å²) in [5, 5.41) is 15.6. The van der Waals surface area contributed by atoms with E-state index in [2.05, 4.69) is 10.5 Å². The molecule has 21 heavy (non-hydrogen) atoms. The zero-order valence-corrected chi connectivity index (χ0v) is 11.7. The number of rotatable bonds is 5. The molecule has 0 aliphatic heterocycles. The molecule has 1 aromatic carbocycles.